The maximum absolute atomic E-state index is 5.58. The van der Waals surface area contributed by atoms with Crippen molar-refractivity contribution in [3.8, 4) is 0 Å². The van der Waals surface area contributed by atoms with Crippen molar-refractivity contribution in [1.29, 1.82) is 0 Å². The molecule has 3 aliphatic rings. The fourth-order valence-electron chi connectivity index (χ4n) is 2.86. The Morgan fingerprint density at radius 1 is 1.44 bits per heavy atom. The highest BCUT2D eigenvalue weighted by atomic mass is 32.1. The van der Waals surface area contributed by atoms with Crippen molar-refractivity contribution in [1.82, 2.24) is 14.9 Å². The Kier molecular flexibility index (Phi) is 3.13. The fraction of sp³-hybridized carbons (Fsp3) is 0.583. The molecule has 96 valence electrons. The molecule has 2 bridgehead atoms. The summed E-state index contributed by atoms with van der Waals surface area (Å²) in [5.74, 6) is 1.38. The molecule has 5 nitrogen and oxygen atoms in total. The van der Waals surface area contributed by atoms with Gasteiger partial charge in [-0.1, -0.05) is 12.2 Å². The second kappa shape index (κ2) is 4.78. The van der Waals surface area contributed by atoms with Crippen LogP contribution in [0.15, 0.2) is 12.3 Å². The summed E-state index contributed by atoms with van der Waals surface area (Å²) in [4.78, 5) is 11.4. The van der Waals surface area contributed by atoms with Gasteiger partial charge >= 0.3 is 0 Å². The maximum atomic E-state index is 5.58. The van der Waals surface area contributed by atoms with E-state index >= 15 is 0 Å². The lowest BCUT2D eigenvalue weighted by atomic mass is 9.84. The predicted octanol–water partition coefficient (Wildman–Crippen LogP) is 0.617. The smallest absolute Gasteiger partial charge is 0.223 e. The highest BCUT2D eigenvalue weighted by Crippen LogP contribution is 2.28. The van der Waals surface area contributed by atoms with Crippen LogP contribution in [0.3, 0.4) is 0 Å². The van der Waals surface area contributed by atoms with E-state index in [1.807, 2.05) is 0 Å². The van der Waals surface area contributed by atoms with Crippen LogP contribution in [0.2, 0.25) is 0 Å². The van der Waals surface area contributed by atoms with E-state index < -0.39 is 0 Å². The van der Waals surface area contributed by atoms with Crippen LogP contribution in [0.25, 0.3) is 0 Å². The van der Waals surface area contributed by atoms with Gasteiger partial charge in [0.1, 0.15) is 10.7 Å². The van der Waals surface area contributed by atoms with Crippen molar-refractivity contribution < 1.29 is 0 Å². The van der Waals surface area contributed by atoms with E-state index in [1.54, 1.807) is 12.3 Å². The molecule has 1 aromatic heterocycles. The summed E-state index contributed by atoms with van der Waals surface area (Å²) in [6.07, 6.45) is 4.24. The minimum atomic E-state index is 0.314. The molecule has 3 N–H and O–H groups in total. The molecule has 3 saturated heterocycles. The van der Waals surface area contributed by atoms with Crippen LogP contribution < -0.4 is 11.1 Å². The highest BCUT2D eigenvalue weighted by Gasteiger charge is 2.34. The van der Waals surface area contributed by atoms with Gasteiger partial charge in [0.25, 0.3) is 0 Å². The van der Waals surface area contributed by atoms with Gasteiger partial charge in [-0.05, 0) is 37.9 Å². The first-order chi connectivity index (χ1) is 8.72. The van der Waals surface area contributed by atoms with E-state index in [0.717, 1.165) is 12.5 Å². The number of fused-ring (bicyclic) bond motifs is 3. The molecule has 18 heavy (non-hydrogen) atoms. The quantitative estimate of drug-likeness (QED) is 0.779. The standard InChI is InChI=1S/C12H17N5S/c13-11(18)9-1-4-14-12(15-9)16-10-7-17-5-2-8(10)3-6-17/h1,4,8,10H,2-3,5-7H2,(H2,13,18)(H,14,15,16). The molecular weight excluding hydrogens is 246 g/mol. The van der Waals surface area contributed by atoms with Crippen molar-refractivity contribution in [2.45, 2.75) is 18.9 Å². The van der Waals surface area contributed by atoms with Gasteiger partial charge < -0.3 is 16.0 Å². The maximum Gasteiger partial charge on any atom is 0.223 e. The molecule has 0 radical (unpaired) electrons. The number of rotatable bonds is 3. The summed E-state index contributed by atoms with van der Waals surface area (Å²) < 4.78 is 0. The Morgan fingerprint density at radius 3 is 2.83 bits per heavy atom. The number of nitrogens with two attached hydrogens (primary N) is 1. The number of hydrogen-bond donors (Lipinski definition) is 2. The number of nitrogens with zero attached hydrogens (tertiary/aromatic N) is 3. The summed E-state index contributed by atoms with van der Waals surface area (Å²) in [7, 11) is 0. The van der Waals surface area contributed by atoms with Gasteiger partial charge in [0.2, 0.25) is 5.95 Å². The number of anilines is 1. The van der Waals surface area contributed by atoms with Crippen LogP contribution in [0, 0.1) is 5.92 Å². The van der Waals surface area contributed by atoms with E-state index in [-0.39, 0.29) is 0 Å². The first kappa shape index (κ1) is 11.8. The number of thiocarbonyl (C=S) groups is 1. The number of nitrogens with one attached hydrogen (secondary N) is 1. The van der Waals surface area contributed by atoms with Crippen molar-refractivity contribution in [3.05, 3.63) is 18.0 Å². The first-order valence-corrected chi connectivity index (χ1v) is 6.75. The molecule has 0 aromatic carbocycles. The predicted molar refractivity (Wildman–Crippen MR) is 74.5 cm³/mol. The summed E-state index contributed by atoms with van der Waals surface area (Å²) >= 11 is 4.93. The van der Waals surface area contributed by atoms with E-state index in [9.17, 15) is 0 Å². The second-order valence-electron chi connectivity index (χ2n) is 5.02. The summed E-state index contributed by atoms with van der Waals surface area (Å²) in [5, 5.41) is 3.43. The monoisotopic (exact) mass is 263 g/mol. The van der Waals surface area contributed by atoms with Crippen molar-refractivity contribution in [2.75, 3.05) is 25.0 Å². The third-order valence-electron chi connectivity index (χ3n) is 3.88. The number of hydrogen-bond acceptors (Lipinski definition) is 5. The van der Waals surface area contributed by atoms with Gasteiger partial charge in [-0.2, -0.15) is 0 Å². The van der Waals surface area contributed by atoms with Crippen molar-refractivity contribution in [3.63, 3.8) is 0 Å². The van der Waals surface area contributed by atoms with Crippen LogP contribution in [0.4, 0.5) is 5.95 Å². The van der Waals surface area contributed by atoms with Crippen LogP contribution in [0.1, 0.15) is 18.5 Å². The third-order valence-corrected chi connectivity index (χ3v) is 4.09. The molecule has 0 saturated carbocycles. The summed E-state index contributed by atoms with van der Waals surface area (Å²) in [5.41, 5.74) is 6.21. The van der Waals surface area contributed by atoms with Crippen molar-refractivity contribution in [2.24, 2.45) is 11.7 Å². The Morgan fingerprint density at radius 2 is 2.22 bits per heavy atom. The molecule has 6 heteroatoms. The molecule has 0 aliphatic carbocycles. The van der Waals surface area contributed by atoms with Crippen LogP contribution >= 0.6 is 12.2 Å². The average Bonchev–Trinajstić information content (AvgIpc) is 2.40. The lowest BCUT2D eigenvalue weighted by Crippen LogP contribution is -2.53. The number of aromatic nitrogens is 2. The Balaban J connectivity index is 1.72. The van der Waals surface area contributed by atoms with Crippen LogP contribution in [-0.2, 0) is 0 Å². The molecule has 0 spiro atoms. The molecular formula is C12H17N5S. The molecule has 3 fully saturated rings. The average molecular weight is 263 g/mol. The normalized spacial score (nSPS) is 30.1. The van der Waals surface area contributed by atoms with Crippen molar-refractivity contribution >= 4 is 23.2 Å². The van der Waals surface area contributed by atoms with Gasteiger partial charge in [0.05, 0.1) is 0 Å². The zero-order chi connectivity index (χ0) is 12.5. The second-order valence-corrected chi connectivity index (χ2v) is 5.46. The molecule has 4 rings (SSSR count). The first-order valence-electron chi connectivity index (χ1n) is 6.34. The third kappa shape index (κ3) is 2.30. The zero-order valence-corrected chi connectivity index (χ0v) is 11.0. The highest BCUT2D eigenvalue weighted by molar-refractivity contribution is 7.80. The summed E-state index contributed by atoms with van der Waals surface area (Å²) in [6.45, 7) is 3.55. The van der Waals surface area contributed by atoms with Crippen LogP contribution in [0.5, 0.6) is 0 Å². The van der Waals surface area contributed by atoms with Gasteiger partial charge in [-0.25, -0.2) is 9.97 Å². The van der Waals surface area contributed by atoms with Crippen LogP contribution in [-0.4, -0.2) is 45.5 Å². The summed E-state index contributed by atoms with van der Waals surface area (Å²) in [6, 6.07) is 2.19. The Hall–Kier alpha value is -1.27. The molecule has 1 unspecified atom stereocenters. The Labute approximate surface area is 112 Å². The minimum absolute atomic E-state index is 0.314. The molecule has 4 heterocycles. The Bertz CT molecular complexity index is 456. The molecule has 3 aliphatic heterocycles. The topological polar surface area (TPSA) is 67.1 Å². The van der Waals surface area contributed by atoms with E-state index in [0.29, 0.717) is 22.7 Å². The van der Waals surface area contributed by atoms with Gasteiger partial charge in [0.15, 0.2) is 0 Å². The van der Waals surface area contributed by atoms with E-state index in [1.165, 1.54) is 25.9 Å². The lowest BCUT2D eigenvalue weighted by molar-refractivity contribution is 0.0972. The molecule has 1 atom stereocenters. The van der Waals surface area contributed by atoms with E-state index in [4.69, 9.17) is 18.0 Å². The molecule has 0 amide bonds. The SMILES string of the molecule is NC(=S)c1ccnc(NC2CN3CCC2CC3)n1. The number of piperidine rings is 3. The molecule has 1 aromatic rings. The van der Waals surface area contributed by atoms with E-state index in [2.05, 4.69) is 20.2 Å². The van der Waals surface area contributed by atoms with Gasteiger partial charge in [0, 0.05) is 18.8 Å². The lowest BCUT2D eigenvalue weighted by Gasteiger charge is -2.44. The zero-order valence-electron chi connectivity index (χ0n) is 10.2. The van der Waals surface area contributed by atoms with Gasteiger partial charge in [-0.15, -0.1) is 0 Å². The van der Waals surface area contributed by atoms with Gasteiger partial charge in [-0.3, -0.25) is 0 Å². The largest absolute Gasteiger partial charge is 0.388 e. The fourth-order valence-corrected chi connectivity index (χ4v) is 2.97. The minimum Gasteiger partial charge on any atom is -0.388 e.